The average molecular weight is 380 g/mol. The first-order chi connectivity index (χ1) is 12.8. The van der Waals surface area contributed by atoms with Crippen LogP contribution in [-0.4, -0.2) is 38.5 Å². The van der Waals surface area contributed by atoms with Gasteiger partial charge in [0.05, 0.1) is 5.69 Å². The Morgan fingerprint density at radius 3 is 2.59 bits per heavy atom. The van der Waals surface area contributed by atoms with Gasteiger partial charge in [-0.2, -0.15) is 18.3 Å². The number of carbonyl (C=O) groups is 1. The van der Waals surface area contributed by atoms with Gasteiger partial charge in [-0.1, -0.05) is 12.8 Å². The Morgan fingerprint density at radius 2 is 1.89 bits per heavy atom. The molecule has 27 heavy (non-hydrogen) atoms. The number of amides is 1. The maximum absolute atomic E-state index is 13.5. The average Bonchev–Trinajstić information content (AvgIpc) is 3.28. The molecule has 1 amide bonds. The van der Waals surface area contributed by atoms with Crippen LogP contribution < -0.4 is 0 Å². The molecule has 2 aromatic heterocycles. The first kappa shape index (κ1) is 18.3. The molecule has 1 aliphatic heterocycles. The first-order valence-electron chi connectivity index (χ1n) is 9.56. The second kappa shape index (κ2) is 6.80. The predicted octanol–water partition coefficient (Wildman–Crippen LogP) is 3.95. The number of nitrogens with zero attached hydrogens (tertiary/aromatic N) is 4. The van der Waals surface area contributed by atoms with Gasteiger partial charge in [-0.3, -0.25) is 4.79 Å². The highest BCUT2D eigenvalue weighted by Crippen LogP contribution is 2.35. The van der Waals surface area contributed by atoms with Crippen LogP contribution in [0.4, 0.5) is 13.2 Å². The Labute approximate surface area is 155 Å². The van der Waals surface area contributed by atoms with E-state index in [0.29, 0.717) is 24.5 Å². The Morgan fingerprint density at radius 1 is 1.15 bits per heavy atom. The van der Waals surface area contributed by atoms with Crippen LogP contribution in [0.3, 0.4) is 0 Å². The van der Waals surface area contributed by atoms with Crippen molar-refractivity contribution in [2.75, 3.05) is 13.1 Å². The van der Waals surface area contributed by atoms with Gasteiger partial charge in [0.2, 0.25) is 5.91 Å². The second-order valence-corrected chi connectivity index (χ2v) is 7.72. The van der Waals surface area contributed by atoms with Gasteiger partial charge in [0.15, 0.2) is 5.65 Å². The third kappa shape index (κ3) is 3.53. The van der Waals surface area contributed by atoms with E-state index >= 15 is 0 Å². The third-order valence-corrected chi connectivity index (χ3v) is 5.72. The lowest BCUT2D eigenvalue weighted by molar-refractivity contribution is -0.143. The fourth-order valence-corrected chi connectivity index (χ4v) is 4.37. The summed E-state index contributed by atoms with van der Waals surface area (Å²) in [5.41, 5.74) is 0.289. The van der Waals surface area contributed by atoms with Crippen molar-refractivity contribution < 1.29 is 18.0 Å². The molecule has 0 N–H and O–H groups in total. The van der Waals surface area contributed by atoms with Gasteiger partial charge in [-0.05, 0) is 38.7 Å². The number of carbonyl (C=O) groups excluding carboxylic acids is 1. The van der Waals surface area contributed by atoms with Crippen LogP contribution in [0.25, 0.3) is 5.65 Å². The number of hydrogen-bond donors (Lipinski definition) is 0. The maximum Gasteiger partial charge on any atom is 0.433 e. The SMILES string of the molecule is Cc1cc2nc([C@H]3CCCN(C(=O)C4CCCC4)C3)cc(C(F)(F)F)n2n1. The highest BCUT2D eigenvalue weighted by Gasteiger charge is 2.37. The standard InChI is InChI=1S/C19H23F3N4O/c1-12-9-17-23-15(10-16(19(20,21)22)26(17)24-12)14-7-4-8-25(11-14)18(27)13-5-2-3-6-13/h9-10,13-14H,2-8,11H2,1H3/t14-/m0/s1. The molecule has 0 spiro atoms. The molecule has 1 atom stereocenters. The molecule has 0 bridgehead atoms. The van der Waals surface area contributed by atoms with Crippen molar-refractivity contribution in [1.29, 1.82) is 0 Å². The van der Waals surface area contributed by atoms with Gasteiger partial charge in [-0.25, -0.2) is 9.50 Å². The summed E-state index contributed by atoms with van der Waals surface area (Å²) < 4.78 is 41.5. The summed E-state index contributed by atoms with van der Waals surface area (Å²) in [4.78, 5) is 19.0. The van der Waals surface area contributed by atoms with Crippen LogP contribution in [-0.2, 0) is 11.0 Å². The Balaban J connectivity index is 1.64. The molecule has 2 fully saturated rings. The van der Waals surface area contributed by atoms with Crippen molar-refractivity contribution in [3.8, 4) is 0 Å². The zero-order valence-corrected chi connectivity index (χ0v) is 15.3. The highest BCUT2D eigenvalue weighted by atomic mass is 19.4. The second-order valence-electron chi connectivity index (χ2n) is 7.72. The van der Waals surface area contributed by atoms with E-state index in [4.69, 9.17) is 0 Å². The van der Waals surface area contributed by atoms with Gasteiger partial charge >= 0.3 is 6.18 Å². The van der Waals surface area contributed by atoms with E-state index in [9.17, 15) is 18.0 Å². The molecule has 0 unspecified atom stereocenters. The van der Waals surface area contributed by atoms with E-state index in [-0.39, 0.29) is 23.4 Å². The summed E-state index contributed by atoms with van der Waals surface area (Å²) in [5.74, 6) is 0.0716. The molecule has 0 radical (unpaired) electrons. The van der Waals surface area contributed by atoms with Crippen molar-refractivity contribution in [3.63, 3.8) is 0 Å². The first-order valence-corrected chi connectivity index (χ1v) is 9.56. The largest absolute Gasteiger partial charge is 0.433 e. The zero-order valence-electron chi connectivity index (χ0n) is 15.3. The molecule has 146 valence electrons. The van der Waals surface area contributed by atoms with Crippen LogP contribution in [0.1, 0.15) is 61.5 Å². The molecule has 3 heterocycles. The number of rotatable bonds is 2. The van der Waals surface area contributed by atoms with E-state index < -0.39 is 11.9 Å². The number of piperidine rings is 1. The van der Waals surface area contributed by atoms with E-state index in [1.54, 1.807) is 13.0 Å². The van der Waals surface area contributed by atoms with E-state index in [1.165, 1.54) is 0 Å². The minimum atomic E-state index is -4.51. The minimum absolute atomic E-state index is 0.0856. The van der Waals surface area contributed by atoms with Crippen molar-refractivity contribution in [2.45, 2.75) is 57.5 Å². The molecule has 0 aromatic carbocycles. The molecule has 8 heteroatoms. The smallest absolute Gasteiger partial charge is 0.342 e. The molecule has 1 saturated carbocycles. The molecule has 5 nitrogen and oxygen atoms in total. The zero-order chi connectivity index (χ0) is 19.2. The van der Waals surface area contributed by atoms with Crippen LogP contribution >= 0.6 is 0 Å². The highest BCUT2D eigenvalue weighted by molar-refractivity contribution is 5.79. The third-order valence-electron chi connectivity index (χ3n) is 5.72. The minimum Gasteiger partial charge on any atom is -0.342 e. The quantitative estimate of drug-likeness (QED) is 0.793. The number of aryl methyl sites for hydroxylation is 1. The topological polar surface area (TPSA) is 50.5 Å². The molecule has 4 rings (SSSR count). The Kier molecular flexibility index (Phi) is 4.60. The molecular weight excluding hydrogens is 357 g/mol. The van der Waals surface area contributed by atoms with Crippen molar-refractivity contribution in [3.05, 3.63) is 29.2 Å². The Bertz CT molecular complexity index is 854. The van der Waals surface area contributed by atoms with Crippen LogP contribution in [0, 0.1) is 12.8 Å². The van der Waals surface area contributed by atoms with Gasteiger partial charge in [0.1, 0.15) is 5.69 Å². The molecule has 2 aliphatic rings. The van der Waals surface area contributed by atoms with Gasteiger partial charge in [-0.15, -0.1) is 0 Å². The lowest BCUT2D eigenvalue weighted by atomic mass is 9.92. The number of halogens is 3. The van der Waals surface area contributed by atoms with Crippen LogP contribution in [0.15, 0.2) is 12.1 Å². The summed E-state index contributed by atoms with van der Waals surface area (Å²) in [6.45, 7) is 2.78. The van der Waals surface area contributed by atoms with Gasteiger partial charge in [0.25, 0.3) is 0 Å². The van der Waals surface area contributed by atoms with E-state index in [1.807, 2.05) is 4.90 Å². The number of likely N-dealkylation sites (tertiary alicyclic amines) is 1. The van der Waals surface area contributed by atoms with Gasteiger partial charge in [0, 0.05) is 36.7 Å². The molecular formula is C19H23F3N4O. The summed E-state index contributed by atoms with van der Waals surface area (Å²) in [7, 11) is 0. The number of aromatic nitrogens is 3. The van der Waals surface area contributed by atoms with Crippen LogP contribution in [0.5, 0.6) is 0 Å². The van der Waals surface area contributed by atoms with E-state index in [0.717, 1.165) is 49.1 Å². The monoisotopic (exact) mass is 380 g/mol. The van der Waals surface area contributed by atoms with Gasteiger partial charge < -0.3 is 4.90 Å². The lowest BCUT2D eigenvalue weighted by Crippen LogP contribution is -2.42. The number of fused-ring (bicyclic) bond motifs is 1. The summed E-state index contributed by atoms with van der Waals surface area (Å²) in [6, 6.07) is 2.66. The molecule has 1 aliphatic carbocycles. The van der Waals surface area contributed by atoms with Crippen molar-refractivity contribution in [1.82, 2.24) is 19.5 Å². The maximum atomic E-state index is 13.5. The summed E-state index contributed by atoms with van der Waals surface area (Å²) >= 11 is 0. The fraction of sp³-hybridized carbons (Fsp3) is 0.632. The Hall–Kier alpha value is -2.12. The fourth-order valence-electron chi connectivity index (χ4n) is 4.37. The lowest BCUT2D eigenvalue weighted by Gasteiger charge is -2.34. The van der Waals surface area contributed by atoms with Crippen molar-refractivity contribution >= 4 is 11.6 Å². The predicted molar refractivity (Wildman–Crippen MR) is 93.2 cm³/mol. The summed E-state index contributed by atoms with van der Waals surface area (Å²) in [6.07, 6.45) is 1.04. The normalized spacial score (nSPS) is 21.9. The number of hydrogen-bond acceptors (Lipinski definition) is 3. The summed E-state index contributed by atoms with van der Waals surface area (Å²) in [5, 5.41) is 3.93. The van der Waals surface area contributed by atoms with E-state index in [2.05, 4.69) is 10.1 Å². The molecule has 2 aromatic rings. The van der Waals surface area contributed by atoms with Crippen LogP contribution in [0.2, 0.25) is 0 Å². The van der Waals surface area contributed by atoms with Crippen molar-refractivity contribution in [2.24, 2.45) is 5.92 Å². The number of alkyl halides is 3. The molecule has 1 saturated heterocycles.